The fourth-order valence-corrected chi connectivity index (χ4v) is 2.00. The number of anilines is 1. The fraction of sp³-hybridized carbons (Fsp3) is 0.455. The molecule has 82 valence electrons. The zero-order valence-electron chi connectivity index (χ0n) is 8.42. The van der Waals surface area contributed by atoms with Crippen LogP contribution in [0, 0.1) is 11.6 Å². The lowest BCUT2D eigenvalue weighted by Gasteiger charge is -2.32. The third-order valence-corrected chi connectivity index (χ3v) is 2.71. The van der Waals surface area contributed by atoms with E-state index in [0.717, 1.165) is 12.8 Å². The molecule has 0 aliphatic carbocycles. The van der Waals surface area contributed by atoms with E-state index in [0.29, 0.717) is 13.1 Å². The van der Waals surface area contributed by atoms with E-state index in [1.807, 2.05) is 0 Å². The first kappa shape index (κ1) is 10.4. The van der Waals surface area contributed by atoms with Gasteiger partial charge in [-0.2, -0.15) is 0 Å². The van der Waals surface area contributed by atoms with E-state index in [4.69, 9.17) is 5.73 Å². The van der Waals surface area contributed by atoms with E-state index in [1.54, 1.807) is 4.90 Å². The van der Waals surface area contributed by atoms with Gasteiger partial charge in [0.2, 0.25) is 0 Å². The second-order valence-corrected chi connectivity index (χ2v) is 3.92. The van der Waals surface area contributed by atoms with Crippen LogP contribution < -0.4 is 10.6 Å². The van der Waals surface area contributed by atoms with Gasteiger partial charge in [0.15, 0.2) is 0 Å². The summed E-state index contributed by atoms with van der Waals surface area (Å²) in [5.74, 6) is -1.02. The summed E-state index contributed by atoms with van der Waals surface area (Å²) in [4.78, 5) is 1.69. The van der Waals surface area contributed by atoms with E-state index >= 15 is 0 Å². The van der Waals surface area contributed by atoms with Crippen LogP contribution >= 0.6 is 0 Å². The molecule has 0 aromatic heterocycles. The van der Waals surface area contributed by atoms with Gasteiger partial charge in [-0.05, 0) is 25.0 Å². The second kappa shape index (κ2) is 4.14. The molecule has 1 heterocycles. The molecular weight excluding hydrogens is 198 g/mol. The number of nitrogens with zero attached hydrogens (tertiary/aromatic N) is 1. The number of para-hydroxylation sites is 1. The summed E-state index contributed by atoms with van der Waals surface area (Å²) in [7, 11) is 0. The Hall–Kier alpha value is -1.16. The lowest BCUT2D eigenvalue weighted by Crippen LogP contribution is -2.43. The van der Waals surface area contributed by atoms with Crippen LogP contribution in [-0.2, 0) is 0 Å². The van der Waals surface area contributed by atoms with Crippen LogP contribution in [0.4, 0.5) is 14.5 Å². The van der Waals surface area contributed by atoms with Crippen molar-refractivity contribution in [3.05, 3.63) is 29.8 Å². The van der Waals surface area contributed by atoms with Crippen molar-refractivity contribution in [2.24, 2.45) is 5.73 Å². The molecule has 1 aromatic rings. The van der Waals surface area contributed by atoms with Gasteiger partial charge in [-0.1, -0.05) is 6.07 Å². The molecule has 1 aliphatic rings. The number of halogens is 2. The first-order valence-corrected chi connectivity index (χ1v) is 5.13. The molecule has 1 saturated heterocycles. The molecule has 1 aromatic carbocycles. The molecule has 0 radical (unpaired) electrons. The standard InChI is InChI=1S/C11H14F2N2/c12-9-4-1-5-10(13)11(9)15-6-2-3-8(14)7-15/h1,4-5,8H,2-3,6-7,14H2. The van der Waals surface area contributed by atoms with Gasteiger partial charge in [-0.3, -0.25) is 0 Å². The summed E-state index contributed by atoms with van der Waals surface area (Å²) in [6.07, 6.45) is 1.81. The van der Waals surface area contributed by atoms with Crippen LogP contribution in [0.5, 0.6) is 0 Å². The number of nitrogens with two attached hydrogens (primary N) is 1. The third-order valence-electron chi connectivity index (χ3n) is 2.71. The van der Waals surface area contributed by atoms with Crippen LogP contribution in [0.1, 0.15) is 12.8 Å². The molecule has 1 aliphatic heterocycles. The van der Waals surface area contributed by atoms with Crippen molar-refractivity contribution in [2.75, 3.05) is 18.0 Å². The Morgan fingerprint density at radius 2 is 1.93 bits per heavy atom. The summed E-state index contributed by atoms with van der Waals surface area (Å²) in [6, 6.07) is 3.94. The van der Waals surface area contributed by atoms with Gasteiger partial charge in [0.25, 0.3) is 0 Å². The molecule has 4 heteroatoms. The Labute approximate surface area is 87.7 Å². The van der Waals surface area contributed by atoms with Crippen LogP contribution in [-0.4, -0.2) is 19.1 Å². The lowest BCUT2D eigenvalue weighted by atomic mass is 10.1. The molecule has 0 spiro atoms. The average Bonchev–Trinajstić information content (AvgIpc) is 2.17. The monoisotopic (exact) mass is 212 g/mol. The van der Waals surface area contributed by atoms with Crippen molar-refractivity contribution in [1.29, 1.82) is 0 Å². The largest absolute Gasteiger partial charge is 0.365 e. The SMILES string of the molecule is NC1CCCN(c2c(F)cccc2F)C1. The first-order chi connectivity index (χ1) is 7.18. The van der Waals surface area contributed by atoms with Gasteiger partial charge in [0.1, 0.15) is 17.3 Å². The van der Waals surface area contributed by atoms with Gasteiger partial charge in [-0.15, -0.1) is 0 Å². The van der Waals surface area contributed by atoms with Crippen LogP contribution in [0.15, 0.2) is 18.2 Å². The Morgan fingerprint density at radius 1 is 1.27 bits per heavy atom. The van der Waals surface area contributed by atoms with E-state index in [2.05, 4.69) is 0 Å². The smallest absolute Gasteiger partial charge is 0.149 e. The molecule has 2 rings (SSSR count). The lowest BCUT2D eigenvalue weighted by molar-refractivity contribution is 0.486. The van der Waals surface area contributed by atoms with Gasteiger partial charge in [0, 0.05) is 19.1 Å². The normalized spacial score (nSPS) is 21.8. The highest BCUT2D eigenvalue weighted by molar-refractivity contribution is 5.49. The summed E-state index contributed by atoms with van der Waals surface area (Å²) >= 11 is 0. The molecule has 1 unspecified atom stereocenters. The maximum atomic E-state index is 13.4. The predicted molar refractivity (Wildman–Crippen MR) is 55.8 cm³/mol. The van der Waals surface area contributed by atoms with Crippen LogP contribution in [0.3, 0.4) is 0 Å². The Kier molecular flexibility index (Phi) is 2.86. The van der Waals surface area contributed by atoms with Crippen molar-refractivity contribution in [3.63, 3.8) is 0 Å². The molecule has 1 atom stereocenters. The molecule has 2 N–H and O–H groups in total. The van der Waals surface area contributed by atoms with E-state index in [1.165, 1.54) is 18.2 Å². The minimum absolute atomic E-state index is 0.0118. The third kappa shape index (κ3) is 2.09. The Balaban J connectivity index is 2.28. The van der Waals surface area contributed by atoms with Gasteiger partial charge < -0.3 is 10.6 Å². The maximum Gasteiger partial charge on any atom is 0.149 e. The van der Waals surface area contributed by atoms with Gasteiger partial charge in [-0.25, -0.2) is 8.78 Å². The Morgan fingerprint density at radius 3 is 2.53 bits per heavy atom. The highest BCUT2D eigenvalue weighted by Gasteiger charge is 2.21. The quantitative estimate of drug-likeness (QED) is 0.770. The minimum Gasteiger partial charge on any atom is -0.365 e. The van der Waals surface area contributed by atoms with Crippen LogP contribution in [0.25, 0.3) is 0 Å². The predicted octanol–water partition coefficient (Wildman–Crippen LogP) is 1.89. The number of benzene rings is 1. The fourth-order valence-electron chi connectivity index (χ4n) is 2.00. The second-order valence-electron chi connectivity index (χ2n) is 3.92. The topological polar surface area (TPSA) is 29.3 Å². The zero-order chi connectivity index (χ0) is 10.8. The molecule has 0 bridgehead atoms. The van der Waals surface area contributed by atoms with Gasteiger partial charge in [0.05, 0.1) is 0 Å². The zero-order valence-corrected chi connectivity index (χ0v) is 8.42. The first-order valence-electron chi connectivity index (χ1n) is 5.13. The molecule has 0 amide bonds. The molecule has 15 heavy (non-hydrogen) atoms. The maximum absolute atomic E-state index is 13.4. The van der Waals surface area contributed by atoms with Crippen LogP contribution in [0.2, 0.25) is 0 Å². The molecule has 0 saturated carbocycles. The number of rotatable bonds is 1. The number of hydrogen-bond acceptors (Lipinski definition) is 2. The highest BCUT2D eigenvalue weighted by atomic mass is 19.1. The van der Waals surface area contributed by atoms with Gasteiger partial charge >= 0.3 is 0 Å². The highest BCUT2D eigenvalue weighted by Crippen LogP contribution is 2.25. The average molecular weight is 212 g/mol. The van der Waals surface area contributed by atoms with E-state index in [9.17, 15) is 8.78 Å². The number of hydrogen-bond donors (Lipinski definition) is 1. The summed E-state index contributed by atoms with van der Waals surface area (Å²) in [5, 5.41) is 0. The van der Waals surface area contributed by atoms with Crippen molar-refractivity contribution in [1.82, 2.24) is 0 Å². The van der Waals surface area contributed by atoms with E-state index < -0.39 is 11.6 Å². The minimum atomic E-state index is -0.510. The molecular formula is C11H14F2N2. The van der Waals surface area contributed by atoms with Crippen molar-refractivity contribution in [2.45, 2.75) is 18.9 Å². The van der Waals surface area contributed by atoms with E-state index in [-0.39, 0.29) is 11.7 Å². The van der Waals surface area contributed by atoms with Crippen molar-refractivity contribution >= 4 is 5.69 Å². The summed E-state index contributed by atoms with van der Waals surface area (Å²) < 4.78 is 26.9. The van der Waals surface area contributed by atoms with Crippen molar-refractivity contribution in [3.8, 4) is 0 Å². The summed E-state index contributed by atoms with van der Waals surface area (Å²) in [5.41, 5.74) is 5.84. The molecule has 2 nitrogen and oxygen atoms in total. The molecule has 1 fully saturated rings. The number of piperidine rings is 1. The van der Waals surface area contributed by atoms with Crippen molar-refractivity contribution < 1.29 is 8.78 Å². The summed E-state index contributed by atoms with van der Waals surface area (Å²) in [6.45, 7) is 1.20. The Bertz CT molecular complexity index is 334.